The zero-order valence-corrected chi connectivity index (χ0v) is 12.2. The number of aromatic hydroxyl groups is 1. The molecule has 3 rings (SSSR count). The fraction of sp³-hybridized carbons (Fsp3) is 0. The van der Waals surface area contributed by atoms with Crippen LogP contribution in [0.15, 0.2) is 40.4 Å². The minimum absolute atomic E-state index is 0.151. The molecule has 0 saturated carbocycles. The Balaban J connectivity index is 1.95. The Morgan fingerprint density at radius 2 is 2.04 bits per heavy atom. The Morgan fingerprint density at radius 1 is 1.26 bits per heavy atom. The van der Waals surface area contributed by atoms with Crippen molar-refractivity contribution in [3.05, 3.63) is 51.9 Å². The van der Waals surface area contributed by atoms with Gasteiger partial charge in [-0.05, 0) is 30.4 Å². The number of amides is 1. The molecule has 1 fully saturated rings. The third kappa shape index (κ3) is 2.90. The highest BCUT2D eigenvalue weighted by Gasteiger charge is 2.21. The first kappa shape index (κ1) is 14.7. The lowest BCUT2D eigenvalue weighted by Crippen LogP contribution is -2.21. The van der Waals surface area contributed by atoms with E-state index in [-0.39, 0.29) is 39.5 Å². The summed E-state index contributed by atoms with van der Waals surface area (Å²) in [6.07, 6.45) is 1.44. The van der Waals surface area contributed by atoms with Crippen LogP contribution in [0.2, 0.25) is 0 Å². The van der Waals surface area contributed by atoms with Gasteiger partial charge in [0.25, 0.3) is 11.6 Å². The number of hydrogen-bond acceptors (Lipinski definition) is 6. The monoisotopic (exact) mass is 331 g/mol. The molecule has 2 aromatic rings. The molecule has 2 heterocycles. The molecule has 1 amide bonds. The summed E-state index contributed by atoms with van der Waals surface area (Å²) in [5.74, 6) is 0.0282. The number of carbonyl (C=O) groups excluding carboxylic acids is 1. The van der Waals surface area contributed by atoms with Gasteiger partial charge in [0, 0.05) is 18.2 Å². The minimum atomic E-state index is -0.567. The molecule has 1 aliphatic heterocycles. The van der Waals surface area contributed by atoms with Gasteiger partial charge in [0.2, 0.25) is 0 Å². The van der Waals surface area contributed by atoms with Crippen LogP contribution in [-0.4, -0.2) is 21.0 Å². The fourth-order valence-corrected chi connectivity index (χ4v) is 2.24. The van der Waals surface area contributed by atoms with E-state index < -0.39 is 4.92 Å². The van der Waals surface area contributed by atoms with Crippen molar-refractivity contribution in [3.8, 4) is 17.1 Å². The number of carbonyl (C=O) groups is 1. The molecule has 1 aliphatic rings. The summed E-state index contributed by atoms with van der Waals surface area (Å²) in [6.45, 7) is 0. The van der Waals surface area contributed by atoms with E-state index in [9.17, 15) is 20.0 Å². The van der Waals surface area contributed by atoms with Crippen LogP contribution in [0.3, 0.4) is 0 Å². The maximum atomic E-state index is 11.6. The van der Waals surface area contributed by atoms with Gasteiger partial charge in [-0.1, -0.05) is 0 Å². The topological polar surface area (TPSA) is 118 Å². The smallest absolute Gasteiger partial charge is 0.274 e. The molecule has 0 atom stereocenters. The molecule has 1 aromatic heterocycles. The highest BCUT2D eigenvalue weighted by atomic mass is 32.1. The Kier molecular flexibility index (Phi) is 3.54. The van der Waals surface area contributed by atoms with Crippen molar-refractivity contribution in [3.63, 3.8) is 0 Å². The highest BCUT2D eigenvalue weighted by molar-refractivity contribution is 7.80. The van der Waals surface area contributed by atoms with Gasteiger partial charge in [-0.3, -0.25) is 20.2 Å². The number of thiocarbonyl (C=S) groups is 1. The second-order valence-electron chi connectivity index (χ2n) is 4.63. The van der Waals surface area contributed by atoms with Crippen molar-refractivity contribution in [1.82, 2.24) is 10.6 Å². The minimum Gasteiger partial charge on any atom is -0.507 e. The van der Waals surface area contributed by atoms with Gasteiger partial charge in [-0.15, -0.1) is 0 Å². The van der Waals surface area contributed by atoms with Crippen LogP contribution in [0.25, 0.3) is 17.4 Å². The van der Waals surface area contributed by atoms with E-state index in [0.29, 0.717) is 5.76 Å². The number of benzene rings is 1. The second-order valence-corrected chi connectivity index (χ2v) is 5.04. The molecule has 0 bridgehead atoms. The van der Waals surface area contributed by atoms with Gasteiger partial charge in [-0.25, -0.2) is 0 Å². The summed E-state index contributed by atoms with van der Waals surface area (Å²) in [6, 6.07) is 6.73. The number of phenols is 1. The van der Waals surface area contributed by atoms with Crippen molar-refractivity contribution in [2.75, 3.05) is 0 Å². The van der Waals surface area contributed by atoms with Crippen molar-refractivity contribution in [2.24, 2.45) is 0 Å². The molecule has 0 aliphatic carbocycles. The zero-order chi connectivity index (χ0) is 16.6. The van der Waals surface area contributed by atoms with Gasteiger partial charge >= 0.3 is 0 Å². The maximum absolute atomic E-state index is 11.6. The van der Waals surface area contributed by atoms with Gasteiger partial charge in [0.15, 0.2) is 5.11 Å². The van der Waals surface area contributed by atoms with E-state index in [0.717, 1.165) is 0 Å². The molecular weight excluding hydrogens is 322 g/mol. The van der Waals surface area contributed by atoms with E-state index in [1.54, 1.807) is 6.07 Å². The molecule has 23 heavy (non-hydrogen) atoms. The van der Waals surface area contributed by atoms with E-state index >= 15 is 0 Å². The summed E-state index contributed by atoms with van der Waals surface area (Å²) < 4.78 is 5.51. The van der Waals surface area contributed by atoms with Crippen molar-refractivity contribution in [2.45, 2.75) is 0 Å². The average Bonchev–Trinajstić information content (AvgIpc) is 3.06. The molecule has 0 spiro atoms. The zero-order valence-electron chi connectivity index (χ0n) is 11.4. The predicted octanol–water partition coefficient (Wildman–Crippen LogP) is 1.91. The van der Waals surface area contributed by atoms with E-state index in [1.807, 2.05) is 0 Å². The average molecular weight is 331 g/mol. The van der Waals surface area contributed by atoms with E-state index in [1.165, 1.54) is 30.3 Å². The summed E-state index contributed by atoms with van der Waals surface area (Å²) in [7, 11) is 0. The number of nitro benzene ring substituents is 1. The van der Waals surface area contributed by atoms with Crippen LogP contribution < -0.4 is 10.6 Å². The van der Waals surface area contributed by atoms with Crippen LogP contribution in [0.4, 0.5) is 5.69 Å². The fourth-order valence-electron chi connectivity index (χ4n) is 2.03. The standard InChI is InChI=1S/C14H9N3O5S/c18-11-3-1-7(17(20)21)5-9(11)12-4-2-8(22-12)6-10-13(19)16-14(23)15-10/h1-6,18H,(H2,15,16,19,23)/b10-6-. The van der Waals surface area contributed by atoms with Crippen molar-refractivity contribution >= 4 is 35.0 Å². The quantitative estimate of drug-likeness (QED) is 0.340. The summed E-state index contributed by atoms with van der Waals surface area (Å²) in [5.41, 5.74) is 0.235. The van der Waals surface area contributed by atoms with Crippen LogP contribution in [0, 0.1) is 10.1 Å². The van der Waals surface area contributed by atoms with Gasteiger partial charge < -0.3 is 14.8 Å². The number of non-ortho nitro benzene ring substituents is 1. The maximum Gasteiger partial charge on any atom is 0.274 e. The lowest BCUT2D eigenvalue weighted by atomic mass is 10.1. The molecule has 0 radical (unpaired) electrons. The van der Waals surface area contributed by atoms with Gasteiger partial charge in [0.1, 0.15) is 23.0 Å². The lowest BCUT2D eigenvalue weighted by Gasteiger charge is -2.01. The second kappa shape index (κ2) is 5.54. The van der Waals surface area contributed by atoms with Gasteiger partial charge in [0.05, 0.1) is 10.5 Å². The SMILES string of the molecule is O=C1NC(=S)N/C1=C\c1ccc(-c2cc([N+](=O)[O-])ccc2O)o1. The number of nitro groups is 1. The van der Waals surface area contributed by atoms with Crippen LogP contribution >= 0.6 is 12.2 Å². The Bertz CT molecular complexity index is 871. The van der Waals surface area contributed by atoms with Crippen molar-refractivity contribution < 1.29 is 19.2 Å². The summed E-state index contributed by atoms with van der Waals surface area (Å²) in [4.78, 5) is 21.8. The Labute approximate surface area is 134 Å². The highest BCUT2D eigenvalue weighted by Crippen LogP contribution is 2.34. The van der Waals surface area contributed by atoms with Crippen molar-refractivity contribution in [1.29, 1.82) is 0 Å². The first-order valence-electron chi connectivity index (χ1n) is 6.35. The first-order chi connectivity index (χ1) is 10.9. The molecule has 1 aromatic carbocycles. The van der Waals surface area contributed by atoms with E-state index in [2.05, 4.69) is 10.6 Å². The number of nitrogens with zero attached hydrogens (tertiary/aromatic N) is 1. The molecule has 116 valence electrons. The predicted molar refractivity (Wildman–Crippen MR) is 84.3 cm³/mol. The molecule has 9 heteroatoms. The number of hydrogen-bond donors (Lipinski definition) is 3. The first-order valence-corrected chi connectivity index (χ1v) is 6.76. The Morgan fingerprint density at radius 3 is 2.70 bits per heavy atom. The number of furan rings is 1. The number of nitrogens with one attached hydrogen (secondary N) is 2. The Hall–Kier alpha value is -3.20. The lowest BCUT2D eigenvalue weighted by molar-refractivity contribution is -0.384. The molecule has 8 nitrogen and oxygen atoms in total. The number of phenolic OH excluding ortho intramolecular Hbond substituents is 1. The third-order valence-corrected chi connectivity index (χ3v) is 3.29. The third-order valence-electron chi connectivity index (χ3n) is 3.09. The van der Waals surface area contributed by atoms with E-state index in [4.69, 9.17) is 16.6 Å². The summed E-state index contributed by atoms with van der Waals surface area (Å²) >= 11 is 4.82. The van der Waals surface area contributed by atoms with Crippen LogP contribution in [-0.2, 0) is 4.79 Å². The largest absolute Gasteiger partial charge is 0.507 e. The number of rotatable bonds is 3. The molecule has 1 saturated heterocycles. The van der Waals surface area contributed by atoms with Crippen LogP contribution in [0.5, 0.6) is 5.75 Å². The van der Waals surface area contributed by atoms with Gasteiger partial charge in [-0.2, -0.15) is 0 Å². The van der Waals surface area contributed by atoms with Crippen LogP contribution in [0.1, 0.15) is 5.76 Å². The molecule has 0 unspecified atom stereocenters. The molecule has 3 N–H and O–H groups in total. The molecular formula is C14H9N3O5S. The summed E-state index contributed by atoms with van der Waals surface area (Å²) in [5, 5.41) is 25.9. The normalized spacial score (nSPS) is 15.6.